The maximum absolute atomic E-state index is 13.3. The number of hydrogen-bond acceptors (Lipinski definition) is 8. The van der Waals surface area contributed by atoms with Gasteiger partial charge in [0.15, 0.2) is 17.9 Å². The minimum atomic E-state index is -1.48. The molecule has 34 heavy (non-hydrogen) atoms. The first-order valence-electron chi connectivity index (χ1n) is 12.4. The average Bonchev–Trinajstić information content (AvgIpc) is 3.24. The Bertz CT molecular complexity index is 891. The summed E-state index contributed by atoms with van der Waals surface area (Å²) in [5, 5.41) is 39.7. The third-order valence-electron chi connectivity index (χ3n) is 8.59. The van der Waals surface area contributed by atoms with Crippen molar-refractivity contribution in [3.8, 4) is 0 Å². The summed E-state index contributed by atoms with van der Waals surface area (Å²) in [6.07, 6.45) is -1.43. The molecule has 1 heterocycles. The van der Waals surface area contributed by atoms with Gasteiger partial charge in [-0.3, -0.25) is 9.59 Å². The molecule has 0 amide bonds. The Labute approximate surface area is 200 Å². The van der Waals surface area contributed by atoms with Gasteiger partial charge in [0.2, 0.25) is 0 Å². The molecule has 0 aromatic carbocycles. The molecule has 1 saturated carbocycles. The molecule has 0 spiro atoms. The fraction of sp³-hybridized carbons (Fsp3) is 0.769. The van der Waals surface area contributed by atoms with Crippen molar-refractivity contribution < 1.29 is 39.5 Å². The first-order valence-corrected chi connectivity index (χ1v) is 12.4. The van der Waals surface area contributed by atoms with Crippen molar-refractivity contribution in [1.29, 1.82) is 0 Å². The first-order chi connectivity index (χ1) is 16.0. The van der Waals surface area contributed by atoms with Gasteiger partial charge in [0.1, 0.15) is 24.4 Å². The summed E-state index contributed by atoms with van der Waals surface area (Å²) in [5.74, 6) is -0.0419. The van der Waals surface area contributed by atoms with Crippen LogP contribution in [0.3, 0.4) is 0 Å². The Morgan fingerprint density at radius 2 is 1.74 bits per heavy atom. The van der Waals surface area contributed by atoms with Crippen LogP contribution in [0.15, 0.2) is 22.8 Å². The number of rotatable bonds is 4. The van der Waals surface area contributed by atoms with E-state index in [2.05, 4.69) is 6.92 Å². The molecule has 0 radical (unpaired) electrons. The largest absolute Gasteiger partial charge is 0.394 e. The van der Waals surface area contributed by atoms with Crippen molar-refractivity contribution in [2.45, 2.75) is 84.1 Å². The van der Waals surface area contributed by atoms with E-state index in [1.807, 2.05) is 26.8 Å². The van der Waals surface area contributed by atoms with Crippen LogP contribution in [0.25, 0.3) is 0 Å². The molecule has 1 saturated heterocycles. The predicted molar refractivity (Wildman–Crippen MR) is 122 cm³/mol. The van der Waals surface area contributed by atoms with Gasteiger partial charge in [-0.05, 0) is 55.4 Å². The van der Waals surface area contributed by atoms with Crippen molar-refractivity contribution in [3.63, 3.8) is 0 Å². The average molecular weight is 479 g/mol. The number of ether oxygens (including phenoxy) is 2. The number of carbonyl (C=O) groups excluding carboxylic acids is 2. The van der Waals surface area contributed by atoms with E-state index in [0.717, 1.165) is 24.0 Å². The summed E-state index contributed by atoms with van der Waals surface area (Å²) in [5.41, 5.74) is 2.17. The molecule has 8 heteroatoms. The van der Waals surface area contributed by atoms with Gasteiger partial charge in [-0.2, -0.15) is 0 Å². The fourth-order valence-electron chi connectivity index (χ4n) is 6.24. The van der Waals surface area contributed by atoms with Gasteiger partial charge in [-0.15, -0.1) is 0 Å². The Hall–Kier alpha value is -1.42. The van der Waals surface area contributed by atoms with E-state index in [-0.39, 0.29) is 41.3 Å². The van der Waals surface area contributed by atoms with Gasteiger partial charge in [-0.25, -0.2) is 0 Å². The van der Waals surface area contributed by atoms with E-state index >= 15 is 0 Å². The summed E-state index contributed by atoms with van der Waals surface area (Å²) in [6.45, 7) is 7.66. The van der Waals surface area contributed by atoms with Crippen LogP contribution >= 0.6 is 0 Å². The van der Waals surface area contributed by atoms with E-state index in [1.54, 1.807) is 0 Å². The molecule has 190 valence electrons. The Kier molecular flexibility index (Phi) is 7.22. The molecule has 4 N–H and O–H groups in total. The lowest BCUT2D eigenvalue weighted by molar-refractivity contribution is -0.304. The summed E-state index contributed by atoms with van der Waals surface area (Å²) >= 11 is 0. The van der Waals surface area contributed by atoms with Crippen LogP contribution in [-0.4, -0.2) is 75.9 Å². The van der Waals surface area contributed by atoms with E-state index < -0.39 is 37.3 Å². The van der Waals surface area contributed by atoms with Crippen molar-refractivity contribution in [3.05, 3.63) is 22.8 Å². The molecule has 0 aromatic heterocycles. The van der Waals surface area contributed by atoms with Gasteiger partial charge < -0.3 is 29.9 Å². The summed E-state index contributed by atoms with van der Waals surface area (Å²) in [7, 11) is 0. The molecule has 3 aliphatic carbocycles. The SMILES string of the molecule is CC1=CC2=C(C(=O)[C@H](C)C2)C(=O)[C@@H](C)C[C@@H]2[C@H](CC1)[C@@]2(C)CO[C@@H]1O[C@H](CO)[C@@H](O)[C@H](O)[C@H]1O. The second kappa shape index (κ2) is 9.56. The number of aliphatic hydroxyl groups is 4. The number of aliphatic hydroxyl groups excluding tert-OH is 4. The molecule has 2 fully saturated rings. The third kappa shape index (κ3) is 4.45. The lowest BCUT2D eigenvalue weighted by atomic mass is 9.89. The Morgan fingerprint density at radius 1 is 1.06 bits per heavy atom. The number of ketones is 2. The predicted octanol–water partition coefficient (Wildman–Crippen LogP) is 1.30. The van der Waals surface area contributed by atoms with Gasteiger partial charge >= 0.3 is 0 Å². The summed E-state index contributed by atoms with van der Waals surface area (Å²) in [4.78, 5) is 26.1. The molecule has 4 aliphatic rings. The molecule has 0 aromatic rings. The number of carbonyl (C=O) groups is 2. The summed E-state index contributed by atoms with van der Waals surface area (Å²) < 4.78 is 11.4. The van der Waals surface area contributed by atoms with Gasteiger partial charge in [0.05, 0.1) is 18.8 Å². The normalized spacial score (nSPS) is 45.4. The van der Waals surface area contributed by atoms with Crippen LogP contribution < -0.4 is 0 Å². The zero-order valence-corrected chi connectivity index (χ0v) is 20.4. The van der Waals surface area contributed by atoms with E-state index in [9.17, 15) is 30.0 Å². The lowest BCUT2D eigenvalue weighted by Crippen LogP contribution is -2.59. The van der Waals surface area contributed by atoms with Crippen molar-refractivity contribution >= 4 is 11.6 Å². The van der Waals surface area contributed by atoms with Gasteiger partial charge in [0.25, 0.3) is 0 Å². The number of Topliss-reactive ketones (excluding diaryl/α,β-unsaturated/α-hetero) is 2. The molecule has 8 nitrogen and oxygen atoms in total. The number of hydrogen-bond donors (Lipinski definition) is 4. The van der Waals surface area contributed by atoms with Crippen LogP contribution in [-0.2, 0) is 19.1 Å². The molecule has 10 atom stereocenters. The van der Waals surface area contributed by atoms with Crippen LogP contribution in [0.1, 0.15) is 53.4 Å². The Balaban J connectivity index is 1.48. The third-order valence-corrected chi connectivity index (χ3v) is 8.59. The van der Waals surface area contributed by atoms with E-state index in [4.69, 9.17) is 9.47 Å². The molecule has 1 aliphatic heterocycles. The molecule has 0 unspecified atom stereocenters. The lowest BCUT2D eigenvalue weighted by Gasteiger charge is -2.40. The maximum atomic E-state index is 13.3. The van der Waals surface area contributed by atoms with Crippen molar-refractivity contribution in [2.75, 3.05) is 13.2 Å². The zero-order valence-electron chi connectivity index (χ0n) is 20.4. The quantitative estimate of drug-likeness (QED) is 0.444. The number of allylic oxidation sites excluding steroid dienone is 4. The fourth-order valence-corrected chi connectivity index (χ4v) is 6.24. The summed E-state index contributed by atoms with van der Waals surface area (Å²) in [6, 6.07) is 0. The second-order valence-electron chi connectivity index (χ2n) is 11.1. The van der Waals surface area contributed by atoms with Crippen LogP contribution in [0.2, 0.25) is 0 Å². The van der Waals surface area contributed by atoms with Crippen molar-refractivity contribution in [2.24, 2.45) is 29.1 Å². The van der Waals surface area contributed by atoms with Crippen LogP contribution in [0.5, 0.6) is 0 Å². The molecular weight excluding hydrogens is 440 g/mol. The molecule has 4 rings (SSSR count). The van der Waals surface area contributed by atoms with E-state index in [1.165, 1.54) is 0 Å². The first kappa shape index (κ1) is 25.7. The highest BCUT2D eigenvalue weighted by Crippen LogP contribution is 2.64. The minimum Gasteiger partial charge on any atom is -0.394 e. The van der Waals surface area contributed by atoms with Crippen LogP contribution in [0, 0.1) is 29.1 Å². The zero-order chi connectivity index (χ0) is 24.9. The van der Waals surface area contributed by atoms with Crippen molar-refractivity contribution in [1.82, 2.24) is 0 Å². The molecule has 0 bridgehead atoms. The second-order valence-corrected chi connectivity index (χ2v) is 11.1. The minimum absolute atomic E-state index is 0.0452. The Morgan fingerprint density at radius 3 is 2.41 bits per heavy atom. The standard InChI is InChI=1S/C26H38O8/c1-12-5-6-16-17(9-14(3)21(29)19-15(7-12)8-13(2)20(19)28)26(16,4)11-33-25-24(32)23(31)22(30)18(10-27)34-25/h7,13-14,16-18,22-25,27,30-32H,5-6,8-11H2,1-4H3/t13-,14+,16+,17-,18-,22-,23+,24-,25-,26-/m1/s1. The monoisotopic (exact) mass is 478 g/mol. The molecular formula is C26H38O8. The van der Waals surface area contributed by atoms with Crippen LogP contribution in [0.4, 0.5) is 0 Å². The van der Waals surface area contributed by atoms with Gasteiger partial charge in [0, 0.05) is 11.8 Å². The topological polar surface area (TPSA) is 134 Å². The van der Waals surface area contributed by atoms with E-state index in [0.29, 0.717) is 24.3 Å². The highest BCUT2D eigenvalue weighted by Gasteiger charge is 2.61. The maximum Gasteiger partial charge on any atom is 0.186 e. The smallest absolute Gasteiger partial charge is 0.186 e. The highest BCUT2D eigenvalue weighted by molar-refractivity contribution is 6.23. The van der Waals surface area contributed by atoms with Gasteiger partial charge in [-0.1, -0.05) is 32.4 Å². The number of fused-ring (bicyclic) bond motifs is 1. The highest BCUT2D eigenvalue weighted by atomic mass is 16.7.